The van der Waals surface area contributed by atoms with E-state index in [0.29, 0.717) is 28.5 Å². The number of ketones is 1. The van der Waals surface area contributed by atoms with E-state index in [9.17, 15) is 4.79 Å². The Morgan fingerprint density at radius 2 is 1.90 bits per heavy atom. The van der Waals surface area contributed by atoms with Crippen LogP contribution in [0, 0.1) is 6.92 Å². The van der Waals surface area contributed by atoms with E-state index in [-0.39, 0.29) is 10.8 Å². The zero-order valence-corrected chi connectivity index (χ0v) is 12.8. The Hall–Kier alpha value is -1.51. The van der Waals surface area contributed by atoms with Crippen LogP contribution in [0.4, 0.5) is 0 Å². The predicted molar refractivity (Wildman–Crippen MR) is 82.2 cm³/mol. The van der Waals surface area contributed by atoms with Crippen molar-refractivity contribution in [1.82, 2.24) is 0 Å². The Kier molecular flexibility index (Phi) is 4.69. The molecule has 0 atom stereocenters. The smallest absolute Gasteiger partial charge is 0.198 e. The fourth-order valence-corrected chi connectivity index (χ4v) is 2.31. The SMILES string of the molecule is CCOc1ccc(C)cc1C(=O)c1cccc(Cl)c1Cl. The molecule has 20 heavy (non-hydrogen) atoms. The van der Waals surface area contributed by atoms with E-state index in [1.165, 1.54) is 0 Å². The van der Waals surface area contributed by atoms with Crippen LogP contribution >= 0.6 is 23.2 Å². The lowest BCUT2D eigenvalue weighted by atomic mass is 10.0. The third-order valence-corrected chi connectivity index (χ3v) is 3.69. The molecule has 0 fully saturated rings. The van der Waals surface area contributed by atoms with Gasteiger partial charge in [0.2, 0.25) is 0 Å². The molecule has 0 saturated carbocycles. The first kappa shape index (κ1) is 14.9. The molecule has 2 aromatic rings. The summed E-state index contributed by atoms with van der Waals surface area (Å²) >= 11 is 12.1. The van der Waals surface area contributed by atoms with Crippen LogP contribution in [-0.2, 0) is 0 Å². The molecule has 0 radical (unpaired) electrons. The van der Waals surface area contributed by atoms with Crippen LogP contribution in [0.3, 0.4) is 0 Å². The van der Waals surface area contributed by atoms with Crippen LogP contribution in [0.5, 0.6) is 5.75 Å². The maximum absolute atomic E-state index is 12.6. The molecule has 4 heteroatoms. The fourth-order valence-electron chi connectivity index (χ4n) is 1.93. The predicted octanol–water partition coefficient (Wildman–Crippen LogP) is 4.93. The number of hydrogen-bond acceptors (Lipinski definition) is 2. The summed E-state index contributed by atoms with van der Waals surface area (Å²) in [5.74, 6) is 0.365. The highest BCUT2D eigenvalue weighted by molar-refractivity contribution is 6.44. The molecule has 0 bridgehead atoms. The fraction of sp³-hybridized carbons (Fsp3) is 0.188. The summed E-state index contributed by atoms with van der Waals surface area (Å²) in [6.45, 7) is 4.29. The Morgan fingerprint density at radius 3 is 2.60 bits per heavy atom. The molecule has 0 aliphatic rings. The van der Waals surface area contributed by atoms with Gasteiger partial charge in [0.05, 0.1) is 22.2 Å². The largest absolute Gasteiger partial charge is 0.493 e. The van der Waals surface area contributed by atoms with Crippen LogP contribution in [0.15, 0.2) is 36.4 Å². The van der Waals surface area contributed by atoms with E-state index in [1.807, 2.05) is 19.9 Å². The number of benzene rings is 2. The molecule has 0 spiro atoms. The Bertz CT molecular complexity index is 651. The van der Waals surface area contributed by atoms with Gasteiger partial charge in [-0.2, -0.15) is 0 Å². The molecular formula is C16H14Cl2O2. The Morgan fingerprint density at radius 1 is 1.15 bits per heavy atom. The van der Waals surface area contributed by atoms with Gasteiger partial charge in [0.15, 0.2) is 5.78 Å². The summed E-state index contributed by atoms with van der Waals surface area (Å²) in [6, 6.07) is 10.5. The minimum absolute atomic E-state index is 0.190. The van der Waals surface area contributed by atoms with E-state index in [0.717, 1.165) is 5.56 Å². The van der Waals surface area contributed by atoms with Crippen molar-refractivity contribution in [2.45, 2.75) is 13.8 Å². The number of aryl methyl sites for hydroxylation is 1. The highest BCUT2D eigenvalue weighted by Gasteiger charge is 2.18. The normalized spacial score (nSPS) is 10.4. The van der Waals surface area contributed by atoms with Gasteiger partial charge >= 0.3 is 0 Å². The lowest BCUT2D eigenvalue weighted by molar-refractivity contribution is 0.103. The molecule has 0 heterocycles. The maximum atomic E-state index is 12.6. The second-order valence-electron chi connectivity index (χ2n) is 4.36. The van der Waals surface area contributed by atoms with Crippen LogP contribution in [0.25, 0.3) is 0 Å². The summed E-state index contributed by atoms with van der Waals surface area (Å²) in [7, 11) is 0. The molecule has 104 valence electrons. The van der Waals surface area contributed by atoms with Gasteiger partial charge in [0.1, 0.15) is 5.75 Å². The summed E-state index contributed by atoms with van der Waals surface area (Å²) in [6.07, 6.45) is 0. The standard InChI is InChI=1S/C16H14Cl2O2/c1-3-20-14-8-7-10(2)9-12(14)16(19)11-5-4-6-13(17)15(11)18/h4-9H,3H2,1-2H3. The third-order valence-electron chi connectivity index (χ3n) is 2.88. The first-order chi connectivity index (χ1) is 9.54. The highest BCUT2D eigenvalue weighted by atomic mass is 35.5. The van der Waals surface area contributed by atoms with E-state index >= 15 is 0 Å². The molecule has 0 amide bonds. The van der Waals surface area contributed by atoms with Gasteiger partial charge < -0.3 is 4.74 Å². The lowest BCUT2D eigenvalue weighted by Gasteiger charge is -2.11. The quantitative estimate of drug-likeness (QED) is 0.748. The molecule has 2 nitrogen and oxygen atoms in total. The number of carbonyl (C=O) groups excluding carboxylic acids is 1. The van der Waals surface area contributed by atoms with Crippen LogP contribution in [-0.4, -0.2) is 12.4 Å². The van der Waals surface area contributed by atoms with Gasteiger partial charge in [0.25, 0.3) is 0 Å². The van der Waals surface area contributed by atoms with Gasteiger partial charge in [0, 0.05) is 5.56 Å². The highest BCUT2D eigenvalue weighted by Crippen LogP contribution is 2.30. The number of halogens is 2. The van der Waals surface area contributed by atoms with Crippen molar-refractivity contribution in [1.29, 1.82) is 0 Å². The molecule has 2 rings (SSSR count). The van der Waals surface area contributed by atoms with Crippen LogP contribution in [0.2, 0.25) is 10.0 Å². The average molecular weight is 309 g/mol. The molecule has 0 unspecified atom stereocenters. The zero-order valence-electron chi connectivity index (χ0n) is 11.2. The van der Waals surface area contributed by atoms with Gasteiger partial charge in [-0.1, -0.05) is 40.9 Å². The van der Waals surface area contributed by atoms with E-state index in [1.54, 1.807) is 30.3 Å². The van der Waals surface area contributed by atoms with Crippen molar-refractivity contribution in [3.63, 3.8) is 0 Å². The topological polar surface area (TPSA) is 26.3 Å². The summed E-state index contributed by atoms with van der Waals surface area (Å²) in [5, 5.41) is 0.631. The second-order valence-corrected chi connectivity index (χ2v) is 5.15. The second kappa shape index (κ2) is 6.29. The molecule has 0 aliphatic carbocycles. The van der Waals surface area contributed by atoms with Crippen LogP contribution in [0.1, 0.15) is 28.4 Å². The van der Waals surface area contributed by atoms with E-state index in [4.69, 9.17) is 27.9 Å². The van der Waals surface area contributed by atoms with Crippen molar-refractivity contribution >= 4 is 29.0 Å². The summed E-state index contributed by atoms with van der Waals surface area (Å²) < 4.78 is 5.51. The molecule has 0 aromatic heterocycles. The summed E-state index contributed by atoms with van der Waals surface area (Å²) in [4.78, 5) is 12.6. The molecular weight excluding hydrogens is 295 g/mol. The third kappa shape index (κ3) is 2.97. The average Bonchev–Trinajstić information content (AvgIpc) is 2.43. The number of hydrogen-bond donors (Lipinski definition) is 0. The Labute approximate surface area is 128 Å². The number of rotatable bonds is 4. The van der Waals surface area contributed by atoms with Crippen molar-refractivity contribution in [2.24, 2.45) is 0 Å². The van der Waals surface area contributed by atoms with E-state index < -0.39 is 0 Å². The molecule has 0 saturated heterocycles. The van der Waals surface area contributed by atoms with Crippen molar-refractivity contribution in [3.05, 3.63) is 63.1 Å². The van der Waals surface area contributed by atoms with E-state index in [2.05, 4.69) is 0 Å². The van der Waals surface area contributed by atoms with Crippen LogP contribution < -0.4 is 4.74 Å². The van der Waals surface area contributed by atoms with Crippen molar-refractivity contribution in [3.8, 4) is 5.75 Å². The van der Waals surface area contributed by atoms with Gasteiger partial charge in [-0.3, -0.25) is 4.79 Å². The van der Waals surface area contributed by atoms with Gasteiger partial charge in [-0.05, 0) is 38.1 Å². The Balaban J connectivity index is 2.52. The minimum atomic E-state index is -0.190. The minimum Gasteiger partial charge on any atom is -0.493 e. The number of ether oxygens (including phenoxy) is 1. The summed E-state index contributed by atoms with van der Waals surface area (Å²) in [5.41, 5.74) is 1.86. The lowest BCUT2D eigenvalue weighted by Crippen LogP contribution is -2.06. The maximum Gasteiger partial charge on any atom is 0.198 e. The van der Waals surface area contributed by atoms with Gasteiger partial charge in [-0.15, -0.1) is 0 Å². The monoisotopic (exact) mass is 308 g/mol. The first-order valence-electron chi connectivity index (χ1n) is 6.26. The van der Waals surface area contributed by atoms with Crippen molar-refractivity contribution < 1.29 is 9.53 Å². The molecule has 2 aromatic carbocycles. The zero-order chi connectivity index (χ0) is 14.7. The van der Waals surface area contributed by atoms with Crippen molar-refractivity contribution in [2.75, 3.05) is 6.61 Å². The van der Waals surface area contributed by atoms with Gasteiger partial charge in [-0.25, -0.2) is 0 Å². The molecule has 0 N–H and O–H groups in total. The first-order valence-corrected chi connectivity index (χ1v) is 7.02. The molecule has 0 aliphatic heterocycles. The number of carbonyl (C=O) groups is 1.